The molecule has 0 radical (unpaired) electrons. The van der Waals surface area contributed by atoms with Gasteiger partial charge in [0.15, 0.2) is 0 Å². The van der Waals surface area contributed by atoms with E-state index >= 15 is 0 Å². The van der Waals surface area contributed by atoms with Gasteiger partial charge in [-0.05, 0) is 76.4 Å². The average Bonchev–Trinajstić information content (AvgIpc) is 3.33. The molecule has 1 saturated heterocycles. The molecule has 116 valence electrons. The molecule has 3 nitrogen and oxygen atoms in total. The van der Waals surface area contributed by atoms with Crippen LogP contribution in [0.15, 0.2) is 24.3 Å². The summed E-state index contributed by atoms with van der Waals surface area (Å²) in [6.07, 6.45) is 5.43. The third-order valence-electron chi connectivity index (χ3n) is 4.79. The predicted molar refractivity (Wildman–Crippen MR) is 86.7 cm³/mol. The number of benzene rings is 1. The molecule has 0 aromatic heterocycles. The highest BCUT2D eigenvalue weighted by atomic mass is 16.5. The highest BCUT2D eigenvalue weighted by Crippen LogP contribution is 2.43. The predicted octanol–water partition coefficient (Wildman–Crippen LogP) is 3.22. The molecule has 3 heteroatoms. The van der Waals surface area contributed by atoms with Crippen LogP contribution in [0, 0.1) is 5.92 Å². The Morgan fingerprint density at radius 3 is 2.86 bits per heavy atom. The summed E-state index contributed by atoms with van der Waals surface area (Å²) in [4.78, 5) is 2.76. The Balaban J connectivity index is 1.86. The van der Waals surface area contributed by atoms with Crippen molar-refractivity contribution in [2.45, 2.75) is 44.7 Å². The van der Waals surface area contributed by atoms with Crippen LogP contribution in [-0.4, -0.2) is 37.7 Å². The Labute approximate surface area is 128 Å². The summed E-state index contributed by atoms with van der Waals surface area (Å²) < 4.78 is 5.71. The van der Waals surface area contributed by atoms with Gasteiger partial charge in [0.05, 0.1) is 6.61 Å². The van der Waals surface area contributed by atoms with Crippen LogP contribution in [0.2, 0.25) is 0 Å². The number of hydrogen-bond acceptors (Lipinski definition) is 3. The molecule has 2 fully saturated rings. The van der Waals surface area contributed by atoms with Gasteiger partial charge in [-0.25, -0.2) is 0 Å². The molecule has 1 N–H and O–H groups in total. The number of ether oxygens (including phenoxy) is 1. The molecule has 1 saturated carbocycles. The van der Waals surface area contributed by atoms with E-state index in [1.165, 1.54) is 37.8 Å². The van der Waals surface area contributed by atoms with Crippen molar-refractivity contribution in [3.05, 3.63) is 29.8 Å². The Kier molecular flexibility index (Phi) is 4.81. The van der Waals surface area contributed by atoms with Crippen molar-refractivity contribution in [1.82, 2.24) is 10.2 Å². The van der Waals surface area contributed by atoms with E-state index in [4.69, 9.17) is 4.74 Å². The highest BCUT2D eigenvalue weighted by Gasteiger charge is 2.40. The fraction of sp³-hybridized carbons (Fsp3) is 0.667. The van der Waals surface area contributed by atoms with Gasteiger partial charge in [0.2, 0.25) is 0 Å². The van der Waals surface area contributed by atoms with E-state index in [1.54, 1.807) is 0 Å². The average molecular weight is 288 g/mol. The summed E-state index contributed by atoms with van der Waals surface area (Å²) in [6, 6.07) is 10.2. The number of piperidine rings is 1. The second kappa shape index (κ2) is 6.80. The molecule has 3 rings (SSSR count). The zero-order valence-electron chi connectivity index (χ0n) is 13.3. The van der Waals surface area contributed by atoms with E-state index in [1.807, 2.05) is 6.92 Å². The van der Waals surface area contributed by atoms with E-state index in [2.05, 4.69) is 41.5 Å². The van der Waals surface area contributed by atoms with Crippen LogP contribution in [0.3, 0.4) is 0 Å². The van der Waals surface area contributed by atoms with Gasteiger partial charge in [-0.3, -0.25) is 4.90 Å². The van der Waals surface area contributed by atoms with Crippen LogP contribution < -0.4 is 10.1 Å². The molecular formula is C18H28N2O. The van der Waals surface area contributed by atoms with Crippen LogP contribution in [0.1, 0.15) is 44.2 Å². The van der Waals surface area contributed by atoms with Crippen LogP contribution in [0.5, 0.6) is 5.75 Å². The van der Waals surface area contributed by atoms with Crippen LogP contribution in [0.25, 0.3) is 0 Å². The number of likely N-dealkylation sites (tertiary alicyclic amines) is 1. The molecule has 2 unspecified atom stereocenters. The summed E-state index contributed by atoms with van der Waals surface area (Å²) in [7, 11) is 2.07. The molecule has 1 heterocycles. The van der Waals surface area contributed by atoms with E-state index in [0.29, 0.717) is 12.0 Å². The van der Waals surface area contributed by atoms with E-state index in [-0.39, 0.29) is 0 Å². The second-order valence-electron chi connectivity index (χ2n) is 6.38. The highest BCUT2D eigenvalue weighted by molar-refractivity contribution is 5.31. The number of rotatable bonds is 6. The standard InChI is InChI=1S/C18H28N2O/c1-3-21-17-8-4-6-14(12-17)18-15(13-19-2)7-5-11-20(18)16-9-10-16/h4,6,8,12,15-16,18-19H,3,5,7,9-11,13H2,1-2H3. The molecule has 21 heavy (non-hydrogen) atoms. The Morgan fingerprint density at radius 1 is 1.29 bits per heavy atom. The van der Waals surface area contributed by atoms with Gasteiger partial charge in [-0.2, -0.15) is 0 Å². The second-order valence-corrected chi connectivity index (χ2v) is 6.38. The van der Waals surface area contributed by atoms with E-state index < -0.39 is 0 Å². The zero-order chi connectivity index (χ0) is 14.7. The van der Waals surface area contributed by atoms with Gasteiger partial charge in [0, 0.05) is 12.1 Å². The van der Waals surface area contributed by atoms with E-state index in [9.17, 15) is 0 Å². The van der Waals surface area contributed by atoms with E-state index in [0.717, 1.165) is 24.9 Å². The first-order chi connectivity index (χ1) is 10.3. The minimum absolute atomic E-state index is 0.555. The minimum Gasteiger partial charge on any atom is -0.494 e. The van der Waals surface area contributed by atoms with Crippen molar-refractivity contribution >= 4 is 0 Å². The van der Waals surface area contributed by atoms with Crippen molar-refractivity contribution in [2.24, 2.45) is 5.92 Å². The minimum atomic E-state index is 0.555. The maximum absolute atomic E-state index is 5.71. The van der Waals surface area contributed by atoms with Crippen molar-refractivity contribution in [3.8, 4) is 5.75 Å². The molecule has 1 aromatic rings. The largest absolute Gasteiger partial charge is 0.494 e. The van der Waals surface area contributed by atoms with Crippen LogP contribution in [0.4, 0.5) is 0 Å². The molecule has 1 aromatic carbocycles. The van der Waals surface area contributed by atoms with Crippen LogP contribution in [-0.2, 0) is 0 Å². The Morgan fingerprint density at radius 2 is 2.14 bits per heavy atom. The molecule has 1 aliphatic heterocycles. The lowest BCUT2D eigenvalue weighted by molar-refractivity contribution is 0.0843. The van der Waals surface area contributed by atoms with Gasteiger partial charge >= 0.3 is 0 Å². The summed E-state index contributed by atoms with van der Waals surface area (Å²) in [5.74, 6) is 1.72. The SMILES string of the molecule is CCOc1cccc(C2C(CNC)CCCN2C2CC2)c1. The molecule has 1 aliphatic carbocycles. The summed E-state index contributed by atoms with van der Waals surface area (Å²) in [5.41, 5.74) is 1.44. The van der Waals surface area contributed by atoms with Crippen molar-refractivity contribution in [1.29, 1.82) is 0 Å². The molecular weight excluding hydrogens is 260 g/mol. The first-order valence-corrected chi connectivity index (χ1v) is 8.46. The number of nitrogens with one attached hydrogen (secondary N) is 1. The quantitative estimate of drug-likeness (QED) is 0.870. The monoisotopic (exact) mass is 288 g/mol. The lowest BCUT2D eigenvalue weighted by Crippen LogP contribution is -2.43. The lowest BCUT2D eigenvalue weighted by Gasteiger charge is -2.42. The van der Waals surface area contributed by atoms with Gasteiger partial charge in [0.1, 0.15) is 5.75 Å². The molecule has 2 aliphatic rings. The topological polar surface area (TPSA) is 24.5 Å². The van der Waals surface area contributed by atoms with Gasteiger partial charge in [-0.1, -0.05) is 12.1 Å². The fourth-order valence-electron chi connectivity index (χ4n) is 3.81. The summed E-state index contributed by atoms with van der Waals surface area (Å²) in [5, 5.41) is 3.40. The summed E-state index contributed by atoms with van der Waals surface area (Å²) >= 11 is 0. The smallest absolute Gasteiger partial charge is 0.119 e. The lowest BCUT2D eigenvalue weighted by atomic mass is 9.84. The van der Waals surface area contributed by atoms with Crippen molar-refractivity contribution < 1.29 is 4.74 Å². The molecule has 2 atom stereocenters. The Hall–Kier alpha value is -1.06. The zero-order valence-corrected chi connectivity index (χ0v) is 13.3. The maximum Gasteiger partial charge on any atom is 0.119 e. The van der Waals surface area contributed by atoms with Crippen LogP contribution >= 0.6 is 0 Å². The van der Waals surface area contributed by atoms with Gasteiger partial charge in [0.25, 0.3) is 0 Å². The third kappa shape index (κ3) is 3.41. The molecule has 0 amide bonds. The first kappa shape index (κ1) is 14.9. The fourth-order valence-corrected chi connectivity index (χ4v) is 3.81. The number of hydrogen-bond donors (Lipinski definition) is 1. The van der Waals surface area contributed by atoms with Gasteiger partial charge < -0.3 is 10.1 Å². The molecule has 0 spiro atoms. The third-order valence-corrected chi connectivity index (χ3v) is 4.79. The summed E-state index contributed by atoms with van der Waals surface area (Å²) in [6.45, 7) is 5.15. The van der Waals surface area contributed by atoms with Crippen molar-refractivity contribution in [2.75, 3.05) is 26.7 Å². The normalized spacial score (nSPS) is 26.8. The number of nitrogens with zero attached hydrogens (tertiary/aromatic N) is 1. The first-order valence-electron chi connectivity index (χ1n) is 8.46. The molecule has 0 bridgehead atoms. The van der Waals surface area contributed by atoms with Crippen molar-refractivity contribution in [3.63, 3.8) is 0 Å². The van der Waals surface area contributed by atoms with Gasteiger partial charge in [-0.15, -0.1) is 0 Å². The maximum atomic E-state index is 5.71. The Bertz CT molecular complexity index is 456.